The predicted molar refractivity (Wildman–Crippen MR) is 95.6 cm³/mol. The van der Waals surface area contributed by atoms with Gasteiger partial charge >= 0.3 is 0 Å². The molecule has 0 aromatic carbocycles. The first-order chi connectivity index (χ1) is 11.9. The monoisotopic (exact) mass is 337 g/mol. The van der Waals surface area contributed by atoms with Crippen LogP contribution in [0.3, 0.4) is 0 Å². The topological polar surface area (TPSA) is 53.9 Å². The second-order valence-electron chi connectivity index (χ2n) is 5.84. The highest BCUT2D eigenvalue weighted by atomic mass is 32.1. The molecule has 3 aromatic rings. The fraction of sp³-hybridized carbons (Fsp3) is 0.278. The number of nitrogens with one attached hydrogen (secondary N) is 1. The van der Waals surface area contributed by atoms with Gasteiger partial charge in [0.05, 0.1) is 0 Å². The lowest BCUT2D eigenvalue weighted by atomic mass is 10.1. The molecule has 0 saturated carbocycles. The third-order valence-electron chi connectivity index (χ3n) is 4.26. The zero-order valence-electron chi connectivity index (χ0n) is 13.3. The Morgan fingerprint density at radius 1 is 1.12 bits per heavy atom. The second-order valence-corrected chi connectivity index (χ2v) is 6.96. The Bertz CT molecular complexity index is 774. The summed E-state index contributed by atoms with van der Waals surface area (Å²) in [5, 5.41) is 4.55. The number of pyridine rings is 2. The van der Waals surface area contributed by atoms with Crippen molar-refractivity contribution in [1.29, 1.82) is 0 Å². The van der Waals surface area contributed by atoms with Gasteiger partial charge < -0.3 is 5.32 Å². The third kappa shape index (κ3) is 3.36. The van der Waals surface area contributed by atoms with Crippen molar-refractivity contribution in [2.45, 2.75) is 12.6 Å². The smallest absolute Gasteiger partial charge is 0.123 e. The quantitative estimate of drug-likeness (QED) is 0.793. The van der Waals surface area contributed by atoms with Crippen molar-refractivity contribution in [2.75, 3.05) is 19.6 Å². The summed E-state index contributed by atoms with van der Waals surface area (Å²) >= 11 is 1.76. The highest BCUT2D eigenvalue weighted by Crippen LogP contribution is 2.28. The van der Waals surface area contributed by atoms with E-state index in [0.29, 0.717) is 6.04 Å². The van der Waals surface area contributed by atoms with Gasteiger partial charge in [0.1, 0.15) is 5.01 Å². The van der Waals surface area contributed by atoms with Crippen LogP contribution in [0.25, 0.3) is 10.6 Å². The molecule has 6 heteroatoms. The van der Waals surface area contributed by atoms with E-state index >= 15 is 0 Å². The van der Waals surface area contributed by atoms with Crippen LogP contribution in [0.4, 0.5) is 0 Å². The van der Waals surface area contributed by atoms with Crippen molar-refractivity contribution in [2.24, 2.45) is 0 Å². The van der Waals surface area contributed by atoms with Gasteiger partial charge in [-0.2, -0.15) is 0 Å². The Morgan fingerprint density at radius 3 is 2.88 bits per heavy atom. The molecule has 0 bridgehead atoms. The Labute approximate surface area is 145 Å². The maximum absolute atomic E-state index is 4.59. The molecular formula is C18H19N5S. The van der Waals surface area contributed by atoms with Gasteiger partial charge in [0.2, 0.25) is 0 Å². The van der Waals surface area contributed by atoms with Crippen LogP contribution >= 0.6 is 11.3 Å². The number of aromatic nitrogens is 3. The number of nitrogens with zero attached hydrogens (tertiary/aromatic N) is 4. The summed E-state index contributed by atoms with van der Waals surface area (Å²) in [6.45, 7) is 3.93. The maximum Gasteiger partial charge on any atom is 0.123 e. The summed E-state index contributed by atoms with van der Waals surface area (Å²) in [5.41, 5.74) is 2.40. The fourth-order valence-electron chi connectivity index (χ4n) is 3.05. The molecule has 5 nitrogen and oxygen atoms in total. The van der Waals surface area contributed by atoms with Gasteiger partial charge in [-0.15, -0.1) is 11.3 Å². The normalized spacial score (nSPS) is 18.6. The van der Waals surface area contributed by atoms with E-state index in [-0.39, 0.29) is 0 Å². The van der Waals surface area contributed by atoms with E-state index in [4.69, 9.17) is 0 Å². The van der Waals surface area contributed by atoms with E-state index in [0.717, 1.165) is 36.8 Å². The van der Waals surface area contributed by atoms with Gasteiger partial charge in [-0.25, -0.2) is 4.98 Å². The number of piperazine rings is 1. The summed E-state index contributed by atoms with van der Waals surface area (Å²) < 4.78 is 0. The van der Waals surface area contributed by atoms with Gasteiger partial charge in [0.25, 0.3) is 0 Å². The Kier molecular flexibility index (Phi) is 4.60. The number of thiazole rings is 1. The van der Waals surface area contributed by atoms with Crippen LogP contribution < -0.4 is 5.32 Å². The number of hydrogen-bond donors (Lipinski definition) is 1. The average molecular weight is 337 g/mol. The van der Waals surface area contributed by atoms with Crippen molar-refractivity contribution < 1.29 is 0 Å². The van der Waals surface area contributed by atoms with Gasteiger partial charge in [-0.05, 0) is 23.8 Å². The molecule has 122 valence electrons. The van der Waals surface area contributed by atoms with Gasteiger partial charge in [0.15, 0.2) is 0 Å². The molecule has 1 N–H and O–H groups in total. The molecule has 3 aromatic heterocycles. The summed E-state index contributed by atoms with van der Waals surface area (Å²) in [4.78, 5) is 16.7. The summed E-state index contributed by atoms with van der Waals surface area (Å²) in [6, 6.07) is 8.54. The lowest BCUT2D eigenvalue weighted by molar-refractivity contribution is 0.155. The second kappa shape index (κ2) is 7.17. The standard InChI is InChI=1S/C18H19N5S/c1-2-15(10-20-5-1)17-12-21-8-9-23(17)13-16-11-22-18(24-16)14-3-6-19-7-4-14/h1-7,10-11,17,21H,8-9,12-13H2. The van der Waals surface area contributed by atoms with E-state index < -0.39 is 0 Å². The minimum absolute atomic E-state index is 0.360. The molecule has 0 aliphatic carbocycles. The van der Waals surface area contributed by atoms with Crippen molar-refractivity contribution in [3.63, 3.8) is 0 Å². The predicted octanol–water partition coefficient (Wildman–Crippen LogP) is 2.75. The molecule has 1 atom stereocenters. The van der Waals surface area contributed by atoms with Crippen LogP contribution in [0.1, 0.15) is 16.5 Å². The lowest BCUT2D eigenvalue weighted by Crippen LogP contribution is -2.45. The molecule has 0 spiro atoms. The van der Waals surface area contributed by atoms with Crippen molar-refractivity contribution in [3.05, 3.63) is 65.7 Å². The van der Waals surface area contributed by atoms with Crippen LogP contribution in [0.5, 0.6) is 0 Å². The van der Waals surface area contributed by atoms with Crippen molar-refractivity contribution >= 4 is 11.3 Å². The van der Waals surface area contributed by atoms with E-state index in [1.807, 2.05) is 49.2 Å². The van der Waals surface area contributed by atoms with E-state index in [1.54, 1.807) is 11.3 Å². The lowest BCUT2D eigenvalue weighted by Gasteiger charge is -2.35. The van der Waals surface area contributed by atoms with Crippen LogP contribution in [-0.4, -0.2) is 39.5 Å². The fourth-order valence-corrected chi connectivity index (χ4v) is 3.99. The van der Waals surface area contributed by atoms with E-state index in [1.165, 1.54) is 10.4 Å². The highest BCUT2D eigenvalue weighted by molar-refractivity contribution is 7.15. The summed E-state index contributed by atoms with van der Waals surface area (Å²) in [5.74, 6) is 0. The largest absolute Gasteiger partial charge is 0.314 e. The Morgan fingerprint density at radius 2 is 2.04 bits per heavy atom. The minimum Gasteiger partial charge on any atom is -0.314 e. The molecular weight excluding hydrogens is 318 g/mol. The van der Waals surface area contributed by atoms with Crippen LogP contribution in [0, 0.1) is 0 Å². The SMILES string of the molecule is c1cncc(C2CNCCN2Cc2cnc(-c3ccncc3)s2)c1. The van der Waals surface area contributed by atoms with Gasteiger partial charge in [-0.1, -0.05) is 6.07 Å². The van der Waals surface area contributed by atoms with Gasteiger partial charge in [0, 0.05) is 73.6 Å². The van der Waals surface area contributed by atoms with Crippen molar-refractivity contribution in [1.82, 2.24) is 25.2 Å². The Hall–Kier alpha value is -2.15. The first kappa shape index (κ1) is 15.4. The zero-order chi connectivity index (χ0) is 16.2. The van der Waals surface area contributed by atoms with Crippen molar-refractivity contribution in [3.8, 4) is 10.6 Å². The first-order valence-electron chi connectivity index (χ1n) is 8.10. The van der Waals surface area contributed by atoms with Crippen LogP contribution in [0.2, 0.25) is 0 Å². The van der Waals surface area contributed by atoms with E-state index in [9.17, 15) is 0 Å². The van der Waals surface area contributed by atoms with E-state index in [2.05, 4.69) is 31.2 Å². The van der Waals surface area contributed by atoms with Crippen LogP contribution in [-0.2, 0) is 6.54 Å². The minimum atomic E-state index is 0.360. The molecule has 1 aliphatic rings. The molecule has 4 rings (SSSR count). The summed E-state index contributed by atoms with van der Waals surface area (Å²) in [7, 11) is 0. The Balaban J connectivity index is 1.52. The zero-order valence-corrected chi connectivity index (χ0v) is 14.1. The average Bonchev–Trinajstić information content (AvgIpc) is 3.12. The number of hydrogen-bond acceptors (Lipinski definition) is 6. The maximum atomic E-state index is 4.59. The third-order valence-corrected chi connectivity index (χ3v) is 5.29. The molecule has 1 saturated heterocycles. The highest BCUT2D eigenvalue weighted by Gasteiger charge is 2.24. The molecule has 1 unspecified atom stereocenters. The molecule has 1 aliphatic heterocycles. The first-order valence-corrected chi connectivity index (χ1v) is 8.91. The summed E-state index contributed by atoms with van der Waals surface area (Å²) in [6.07, 6.45) is 9.42. The molecule has 0 amide bonds. The van der Waals surface area contributed by atoms with Crippen LogP contribution in [0.15, 0.2) is 55.2 Å². The number of rotatable bonds is 4. The van der Waals surface area contributed by atoms with Gasteiger partial charge in [-0.3, -0.25) is 14.9 Å². The molecule has 1 fully saturated rings. The molecule has 24 heavy (non-hydrogen) atoms. The molecule has 4 heterocycles. The molecule has 0 radical (unpaired) electrons.